The molecule has 0 aliphatic heterocycles. The number of hydrogen-bond donors (Lipinski definition) is 0. The van der Waals surface area contributed by atoms with Crippen LogP contribution in [0.4, 0.5) is 0 Å². The molecule has 3 rings (SSSR count). The number of rotatable bonds is 25. The van der Waals surface area contributed by atoms with Gasteiger partial charge >= 0.3 is 5.97 Å². The fraction of sp³-hybridized carbons (Fsp3) is 0.558. The minimum absolute atomic E-state index is 0.0221. The van der Waals surface area contributed by atoms with E-state index in [-0.39, 0.29) is 12.1 Å². The van der Waals surface area contributed by atoms with Crippen molar-refractivity contribution in [3.05, 3.63) is 89.5 Å². The maximum absolute atomic E-state index is 12.8. The molecular weight excluding hydrogens is 564 g/mol. The summed E-state index contributed by atoms with van der Waals surface area (Å²) in [5, 5.41) is 0. The lowest BCUT2D eigenvalue weighted by atomic mass is 9.95. The van der Waals surface area contributed by atoms with Crippen molar-refractivity contribution < 1.29 is 14.3 Å². The average Bonchev–Trinajstić information content (AvgIpc) is 3.09. The van der Waals surface area contributed by atoms with Crippen LogP contribution in [0.2, 0.25) is 0 Å². The molecule has 3 heteroatoms. The number of aryl methyl sites for hydroxylation is 1. The molecule has 0 saturated heterocycles. The number of hydrogen-bond acceptors (Lipinski definition) is 3. The Kier molecular flexibility index (Phi) is 19.1. The Bertz CT molecular complexity index is 1200. The Morgan fingerprint density at radius 2 is 1.11 bits per heavy atom. The highest BCUT2D eigenvalue weighted by molar-refractivity contribution is 5.91. The van der Waals surface area contributed by atoms with Crippen molar-refractivity contribution in [1.29, 1.82) is 0 Å². The van der Waals surface area contributed by atoms with Crippen molar-refractivity contribution >= 4 is 5.97 Å². The number of benzene rings is 3. The third-order valence-corrected chi connectivity index (χ3v) is 9.17. The largest absolute Gasteiger partial charge is 0.423 e. The predicted molar refractivity (Wildman–Crippen MR) is 196 cm³/mol. The Morgan fingerprint density at radius 1 is 0.587 bits per heavy atom. The molecule has 3 aromatic rings. The first kappa shape index (κ1) is 37.5. The van der Waals surface area contributed by atoms with Crippen LogP contribution < -0.4 is 4.74 Å². The predicted octanol–water partition coefficient (Wildman–Crippen LogP) is 13.3. The molecule has 0 bridgehead atoms. The molecule has 0 amide bonds. The zero-order valence-corrected chi connectivity index (χ0v) is 29.4. The standard InChI is InChI=1S/C43H62O3/c1-4-6-8-9-10-11-12-13-14-15-16-17-18-19-20-23-35-45-36(3)37-31-33-41(34-32-37)46-43(44)40-29-27-39(28-30-40)42-26-22-21-25-38(42)24-7-5-2/h21-22,25-34,36H,4-20,23-24,35H2,1-3H3. The molecule has 0 aliphatic rings. The summed E-state index contributed by atoms with van der Waals surface area (Å²) in [4.78, 5) is 12.8. The highest BCUT2D eigenvalue weighted by Crippen LogP contribution is 2.26. The van der Waals surface area contributed by atoms with E-state index in [1.807, 2.05) is 48.5 Å². The van der Waals surface area contributed by atoms with Gasteiger partial charge in [0.1, 0.15) is 5.75 Å². The normalized spacial score (nSPS) is 11.9. The second-order valence-electron chi connectivity index (χ2n) is 13.1. The quantitative estimate of drug-likeness (QED) is 0.0533. The van der Waals surface area contributed by atoms with Gasteiger partial charge in [-0.2, -0.15) is 0 Å². The van der Waals surface area contributed by atoms with Crippen LogP contribution in [-0.4, -0.2) is 12.6 Å². The topological polar surface area (TPSA) is 35.5 Å². The molecule has 0 saturated carbocycles. The third-order valence-electron chi connectivity index (χ3n) is 9.17. The van der Waals surface area contributed by atoms with Gasteiger partial charge in [0.2, 0.25) is 0 Å². The van der Waals surface area contributed by atoms with Gasteiger partial charge in [-0.25, -0.2) is 4.79 Å². The Morgan fingerprint density at radius 3 is 1.67 bits per heavy atom. The number of ether oxygens (including phenoxy) is 2. The van der Waals surface area contributed by atoms with E-state index in [1.165, 1.54) is 120 Å². The first-order valence-electron chi connectivity index (χ1n) is 18.7. The van der Waals surface area contributed by atoms with Gasteiger partial charge in [0.25, 0.3) is 0 Å². The van der Waals surface area contributed by atoms with Crippen LogP contribution in [0.3, 0.4) is 0 Å². The number of esters is 1. The molecule has 3 aromatic carbocycles. The van der Waals surface area contributed by atoms with Crippen LogP contribution in [0.15, 0.2) is 72.8 Å². The summed E-state index contributed by atoms with van der Waals surface area (Å²) in [5.74, 6) is 0.208. The van der Waals surface area contributed by atoms with Gasteiger partial charge in [-0.05, 0) is 72.7 Å². The fourth-order valence-electron chi connectivity index (χ4n) is 6.15. The molecule has 0 N–H and O–H groups in total. The van der Waals surface area contributed by atoms with Gasteiger partial charge in [0.05, 0.1) is 11.7 Å². The summed E-state index contributed by atoms with van der Waals surface area (Å²) in [6, 6.07) is 24.0. The van der Waals surface area contributed by atoms with Crippen molar-refractivity contribution in [2.45, 2.75) is 149 Å². The van der Waals surface area contributed by atoms with E-state index in [0.717, 1.165) is 30.6 Å². The van der Waals surface area contributed by atoms with Crippen LogP contribution in [0, 0.1) is 0 Å². The van der Waals surface area contributed by atoms with E-state index >= 15 is 0 Å². The first-order chi connectivity index (χ1) is 22.6. The van der Waals surface area contributed by atoms with Crippen molar-refractivity contribution in [2.75, 3.05) is 6.61 Å². The van der Waals surface area contributed by atoms with Crippen LogP contribution in [0.1, 0.15) is 164 Å². The maximum Gasteiger partial charge on any atom is 0.343 e. The van der Waals surface area contributed by atoms with Gasteiger partial charge in [-0.15, -0.1) is 0 Å². The Balaban J connectivity index is 1.25. The summed E-state index contributed by atoms with van der Waals surface area (Å²) >= 11 is 0. The fourth-order valence-corrected chi connectivity index (χ4v) is 6.15. The third kappa shape index (κ3) is 14.7. The summed E-state index contributed by atoms with van der Waals surface area (Å²) < 4.78 is 11.8. The minimum Gasteiger partial charge on any atom is -0.423 e. The van der Waals surface area contributed by atoms with E-state index in [2.05, 4.69) is 45.0 Å². The van der Waals surface area contributed by atoms with Crippen molar-refractivity contribution in [3.8, 4) is 16.9 Å². The van der Waals surface area contributed by atoms with Crippen LogP contribution in [0.25, 0.3) is 11.1 Å². The Hall–Kier alpha value is -2.91. The number of carbonyl (C=O) groups is 1. The van der Waals surface area contributed by atoms with E-state index in [1.54, 1.807) is 0 Å². The van der Waals surface area contributed by atoms with Crippen LogP contribution in [0.5, 0.6) is 5.75 Å². The molecule has 0 spiro atoms. The monoisotopic (exact) mass is 626 g/mol. The number of carbonyl (C=O) groups excluding carboxylic acids is 1. The van der Waals surface area contributed by atoms with E-state index in [4.69, 9.17) is 9.47 Å². The summed E-state index contributed by atoms with van der Waals surface area (Å²) in [6.07, 6.45) is 25.4. The second kappa shape index (κ2) is 23.4. The van der Waals surface area contributed by atoms with Crippen LogP contribution in [-0.2, 0) is 11.2 Å². The molecule has 1 atom stereocenters. The second-order valence-corrected chi connectivity index (χ2v) is 13.1. The summed E-state index contributed by atoms with van der Waals surface area (Å²) in [6.45, 7) is 7.38. The van der Waals surface area contributed by atoms with Gasteiger partial charge in [-0.1, -0.05) is 165 Å². The molecule has 3 nitrogen and oxygen atoms in total. The minimum atomic E-state index is -0.341. The highest BCUT2D eigenvalue weighted by Gasteiger charge is 2.12. The SMILES string of the molecule is CCCCCCCCCCCCCCCCCCOC(C)c1ccc(OC(=O)c2ccc(-c3ccccc3CCCC)cc2)cc1. The molecule has 0 aromatic heterocycles. The van der Waals surface area contributed by atoms with Crippen molar-refractivity contribution in [2.24, 2.45) is 0 Å². The Labute approximate surface area is 281 Å². The van der Waals surface area contributed by atoms with Crippen molar-refractivity contribution in [3.63, 3.8) is 0 Å². The van der Waals surface area contributed by atoms with E-state index in [9.17, 15) is 4.79 Å². The smallest absolute Gasteiger partial charge is 0.343 e. The molecule has 252 valence electrons. The van der Waals surface area contributed by atoms with Crippen LogP contribution >= 0.6 is 0 Å². The maximum atomic E-state index is 12.8. The lowest BCUT2D eigenvalue weighted by molar-refractivity contribution is 0.0627. The molecule has 0 fully saturated rings. The molecule has 0 radical (unpaired) electrons. The van der Waals surface area contributed by atoms with Gasteiger partial charge in [-0.3, -0.25) is 0 Å². The molecular formula is C43H62O3. The zero-order chi connectivity index (χ0) is 32.7. The molecule has 0 aliphatic carbocycles. The summed E-state index contributed by atoms with van der Waals surface area (Å²) in [7, 11) is 0. The van der Waals surface area contributed by atoms with Crippen molar-refractivity contribution in [1.82, 2.24) is 0 Å². The summed E-state index contributed by atoms with van der Waals surface area (Å²) in [5.41, 5.74) is 5.36. The number of unbranched alkanes of at least 4 members (excludes halogenated alkanes) is 16. The molecule has 0 heterocycles. The van der Waals surface area contributed by atoms with Gasteiger partial charge in [0.15, 0.2) is 0 Å². The lowest BCUT2D eigenvalue weighted by Crippen LogP contribution is -2.08. The molecule has 46 heavy (non-hydrogen) atoms. The van der Waals surface area contributed by atoms with Gasteiger partial charge < -0.3 is 9.47 Å². The average molecular weight is 627 g/mol. The molecule has 1 unspecified atom stereocenters. The lowest BCUT2D eigenvalue weighted by Gasteiger charge is -2.14. The van der Waals surface area contributed by atoms with E-state index < -0.39 is 0 Å². The highest BCUT2D eigenvalue weighted by atomic mass is 16.5. The van der Waals surface area contributed by atoms with Gasteiger partial charge in [0, 0.05) is 6.61 Å². The zero-order valence-electron chi connectivity index (χ0n) is 29.4. The van der Waals surface area contributed by atoms with E-state index in [0.29, 0.717) is 11.3 Å². The first-order valence-corrected chi connectivity index (χ1v) is 18.7.